The number of hydrogen-bond donors (Lipinski definition) is 3. The number of anilines is 2. The summed E-state index contributed by atoms with van der Waals surface area (Å²) in [6, 6.07) is 15.7. The molecule has 0 aliphatic carbocycles. The molecule has 3 N–H and O–H groups in total. The largest absolute Gasteiger partial charge is 0.478 e. The molecule has 2 amide bonds. The van der Waals surface area contributed by atoms with Gasteiger partial charge in [0.05, 0.1) is 36.2 Å². The van der Waals surface area contributed by atoms with E-state index < -0.39 is 5.97 Å². The lowest BCUT2D eigenvalue weighted by Crippen LogP contribution is -2.44. The SMILES string of the molecule is CCNC(=O)Nc1ccc(-c2cc(-c3ccccc3C(=O)O)nc(N3CCOCC3C)n2)cc1. The van der Waals surface area contributed by atoms with E-state index in [1.54, 1.807) is 42.5 Å². The summed E-state index contributed by atoms with van der Waals surface area (Å²) in [5, 5.41) is 15.2. The van der Waals surface area contributed by atoms with Crippen molar-refractivity contribution < 1.29 is 19.4 Å². The number of aromatic nitrogens is 2. The van der Waals surface area contributed by atoms with Gasteiger partial charge in [-0.2, -0.15) is 0 Å². The molecule has 2 aromatic carbocycles. The topological polar surface area (TPSA) is 117 Å². The fourth-order valence-corrected chi connectivity index (χ4v) is 3.83. The highest BCUT2D eigenvalue weighted by Gasteiger charge is 2.24. The second kappa shape index (κ2) is 10.3. The van der Waals surface area contributed by atoms with Crippen LogP contribution in [0.1, 0.15) is 24.2 Å². The number of carbonyl (C=O) groups excluding carboxylic acids is 1. The second-order valence-electron chi connectivity index (χ2n) is 7.97. The van der Waals surface area contributed by atoms with E-state index in [1.807, 2.05) is 26.0 Å². The highest BCUT2D eigenvalue weighted by atomic mass is 16.5. The number of carboxylic acid groups (broad SMARTS) is 1. The molecule has 1 aliphatic heterocycles. The third-order valence-electron chi connectivity index (χ3n) is 5.55. The Kier molecular flexibility index (Phi) is 7.03. The first-order valence-corrected chi connectivity index (χ1v) is 11.2. The van der Waals surface area contributed by atoms with Crippen molar-refractivity contribution in [3.8, 4) is 22.5 Å². The van der Waals surface area contributed by atoms with Crippen molar-refractivity contribution in [2.24, 2.45) is 0 Å². The first kappa shape index (κ1) is 23.2. The van der Waals surface area contributed by atoms with Crippen LogP contribution < -0.4 is 15.5 Å². The first-order chi connectivity index (χ1) is 16.5. The van der Waals surface area contributed by atoms with Gasteiger partial charge in [-0.15, -0.1) is 0 Å². The zero-order valence-electron chi connectivity index (χ0n) is 19.1. The maximum atomic E-state index is 11.9. The molecule has 1 aliphatic rings. The zero-order chi connectivity index (χ0) is 24.1. The summed E-state index contributed by atoms with van der Waals surface area (Å²) in [6.07, 6.45) is 0. The van der Waals surface area contributed by atoms with Crippen LogP contribution >= 0.6 is 0 Å². The van der Waals surface area contributed by atoms with Gasteiger partial charge in [0.2, 0.25) is 5.95 Å². The Morgan fingerprint density at radius 1 is 1.12 bits per heavy atom. The highest BCUT2D eigenvalue weighted by Crippen LogP contribution is 2.30. The van der Waals surface area contributed by atoms with Gasteiger partial charge in [0.25, 0.3) is 0 Å². The highest BCUT2D eigenvalue weighted by molar-refractivity contribution is 5.96. The van der Waals surface area contributed by atoms with Gasteiger partial charge in [-0.3, -0.25) is 0 Å². The molecule has 0 bridgehead atoms. The minimum Gasteiger partial charge on any atom is -0.478 e. The molecule has 1 saturated heterocycles. The Labute approximate surface area is 197 Å². The predicted molar refractivity (Wildman–Crippen MR) is 130 cm³/mol. The van der Waals surface area contributed by atoms with Crippen LogP contribution in [0, 0.1) is 0 Å². The van der Waals surface area contributed by atoms with Crippen LogP contribution in [-0.4, -0.2) is 59.4 Å². The van der Waals surface area contributed by atoms with Gasteiger partial charge in [-0.25, -0.2) is 19.6 Å². The molecule has 0 saturated carbocycles. The third kappa shape index (κ3) is 5.15. The summed E-state index contributed by atoms with van der Waals surface area (Å²) in [5.74, 6) is -0.495. The Morgan fingerprint density at radius 3 is 2.56 bits per heavy atom. The van der Waals surface area contributed by atoms with E-state index in [0.717, 1.165) is 5.56 Å². The number of aromatic carboxylic acids is 1. The molecule has 9 nitrogen and oxygen atoms in total. The Hall–Kier alpha value is -3.98. The summed E-state index contributed by atoms with van der Waals surface area (Å²) in [4.78, 5) is 35.3. The van der Waals surface area contributed by atoms with E-state index in [4.69, 9.17) is 14.7 Å². The minimum atomic E-state index is -1.02. The number of ether oxygens (including phenoxy) is 1. The lowest BCUT2D eigenvalue weighted by molar-refractivity contribution is 0.0697. The molecule has 3 aromatic rings. The molecule has 0 radical (unpaired) electrons. The van der Waals surface area contributed by atoms with Gasteiger partial charge in [0, 0.05) is 29.9 Å². The maximum Gasteiger partial charge on any atom is 0.336 e. The van der Waals surface area contributed by atoms with Crippen molar-refractivity contribution in [2.75, 3.05) is 36.5 Å². The average Bonchev–Trinajstić information content (AvgIpc) is 2.84. The Balaban J connectivity index is 1.77. The number of urea groups is 1. The van der Waals surface area contributed by atoms with E-state index in [-0.39, 0.29) is 17.6 Å². The molecule has 1 atom stereocenters. The van der Waals surface area contributed by atoms with Crippen LogP contribution in [0.3, 0.4) is 0 Å². The molecule has 1 fully saturated rings. The van der Waals surface area contributed by atoms with Gasteiger partial charge in [0.1, 0.15) is 0 Å². The standard InChI is InChI=1S/C25H27N5O4/c1-3-26-25(33)27-18-10-8-17(9-11-18)21-14-22(19-6-4-5-7-20(19)23(31)32)29-24(28-21)30-12-13-34-15-16(30)2/h4-11,14,16H,3,12-13,15H2,1-2H3,(H,31,32)(H2,26,27,33). The molecular formula is C25H27N5O4. The molecule has 4 rings (SSSR count). The van der Waals surface area contributed by atoms with Crippen LogP contribution in [0.2, 0.25) is 0 Å². The molecule has 176 valence electrons. The lowest BCUT2D eigenvalue weighted by Gasteiger charge is -2.33. The zero-order valence-corrected chi connectivity index (χ0v) is 19.1. The summed E-state index contributed by atoms with van der Waals surface area (Å²) >= 11 is 0. The fourth-order valence-electron chi connectivity index (χ4n) is 3.83. The Morgan fingerprint density at radius 2 is 1.85 bits per heavy atom. The molecule has 1 aromatic heterocycles. The second-order valence-corrected chi connectivity index (χ2v) is 7.97. The molecule has 2 heterocycles. The van der Waals surface area contributed by atoms with Gasteiger partial charge in [0.15, 0.2) is 0 Å². The molecular weight excluding hydrogens is 434 g/mol. The number of carbonyl (C=O) groups is 2. The lowest BCUT2D eigenvalue weighted by atomic mass is 10.0. The normalized spacial score (nSPS) is 15.6. The van der Waals surface area contributed by atoms with Crippen molar-refractivity contribution in [2.45, 2.75) is 19.9 Å². The van der Waals surface area contributed by atoms with Gasteiger partial charge >= 0.3 is 12.0 Å². The quantitative estimate of drug-likeness (QED) is 0.510. The summed E-state index contributed by atoms with van der Waals surface area (Å²) < 4.78 is 5.56. The van der Waals surface area contributed by atoms with Gasteiger partial charge in [-0.05, 0) is 38.1 Å². The van der Waals surface area contributed by atoms with E-state index in [9.17, 15) is 14.7 Å². The van der Waals surface area contributed by atoms with Crippen molar-refractivity contribution >= 4 is 23.6 Å². The summed E-state index contributed by atoms with van der Waals surface area (Å²) in [6.45, 7) is 6.20. The maximum absolute atomic E-state index is 11.9. The summed E-state index contributed by atoms with van der Waals surface area (Å²) in [7, 11) is 0. The van der Waals surface area contributed by atoms with Crippen molar-refractivity contribution in [3.63, 3.8) is 0 Å². The van der Waals surface area contributed by atoms with Crippen molar-refractivity contribution in [1.29, 1.82) is 0 Å². The van der Waals surface area contributed by atoms with Crippen LogP contribution in [0.4, 0.5) is 16.4 Å². The number of amides is 2. The predicted octanol–water partition coefficient (Wildman–Crippen LogP) is 3.88. The van der Waals surface area contributed by atoms with Gasteiger partial charge in [-0.1, -0.05) is 30.3 Å². The average molecular weight is 462 g/mol. The first-order valence-electron chi connectivity index (χ1n) is 11.2. The molecule has 9 heteroatoms. The van der Waals surface area contributed by atoms with E-state index >= 15 is 0 Å². The minimum absolute atomic E-state index is 0.0789. The fraction of sp³-hybridized carbons (Fsp3) is 0.280. The monoisotopic (exact) mass is 461 g/mol. The number of benzene rings is 2. The number of carboxylic acids is 1. The Bertz CT molecular complexity index is 1180. The van der Waals surface area contributed by atoms with Crippen LogP contribution in [0.5, 0.6) is 0 Å². The van der Waals surface area contributed by atoms with E-state index in [2.05, 4.69) is 15.5 Å². The van der Waals surface area contributed by atoms with Gasteiger partial charge < -0.3 is 25.4 Å². The third-order valence-corrected chi connectivity index (χ3v) is 5.55. The number of rotatable bonds is 6. The van der Waals surface area contributed by atoms with E-state index in [1.165, 1.54) is 0 Å². The number of morpholine rings is 1. The van der Waals surface area contributed by atoms with Crippen LogP contribution in [-0.2, 0) is 4.74 Å². The molecule has 0 spiro atoms. The van der Waals surface area contributed by atoms with E-state index in [0.29, 0.717) is 54.9 Å². The number of hydrogen-bond acceptors (Lipinski definition) is 6. The number of nitrogens with zero attached hydrogens (tertiary/aromatic N) is 3. The van der Waals surface area contributed by atoms with Crippen molar-refractivity contribution in [3.05, 3.63) is 60.2 Å². The molecule has 34 heavy (non-hydrogen) atoms. The smallest absolute Gasteiger partial charge is 0.336 e. The molecule has 1 unspecified atom stereocenters. The van der Waals surface area contributed by atoms with Crippen LogP contribution in [0.25, 0.3) is 22.5 Å². The van der Waals surface area contributed by atoms with Crippen LogP contribution in [0.15, 0.2) is 54.6 Å². The summed E-state index contributed by atoms with van der Waals surface area (Å²) in [5.41, 5.74) is 3.36. The number of nitrogens with one attached hydrogen (secondary N) is 2. The van der Waals surface area contributed by atoms with Crippen molar-refractivity contribution in [1.82, 2.24) is 15.3 Å².